The predicted octanol–water partition coefficient (Wildman–Crippen LogP) is 4.71. The van der Waals surface area contributed by atoms with E-state index in [0.717, 1.165) is 4.88 Å². The van der Waals surface area contributed by atoms with Gasteiger partial charge in [0.1, 0.15) is 5.75 Å². The summed E-state index contributed by atoms with van der Waals surface area (Å²) in [6.07, 6.45) is 0. The summed E-state index contributed by atoms with van der Waals surface area (Å²) in [6, 6.07) is 10.9. The molecule has 132 valence electrons. The third-order valence-corrected chi connectivity index (χ3v) is 5.07. The number of thiophene rings is 1. The Labute approximate surface area is 161 Å². The number of nitrogens with zero attached hydrogens (tertiary/aromatic N) is 4. The van der Waals surface area contributed by atoms with Crippen molar-refractivity contribution in [2.75, 3.05) is 0 Å². The molecular weight excluding hydrogens is 396 g/mol. The lowest BCUT2D eigenvalue weighted by Crippen LogP contribution is -1.95. The standard InChI is InChI=1S/C16H11ClN4O3S2/c17-10-3-5-11(6-4-10)22-8-14-19-20-16(23-14)26-9-13-18-15(24-21-13)12-2-1-7-25-12/h1-7H,8-9H2. The SMILES string of the molecule is Clc1ccc(OCc2nnc(SCc3noc(-c4cccs4)n3)o2)cc1. The van der Waals surface area contributed by atoms with E-state index >= 15 is 0 Å². The van der Waals surface area contributed by atoms with Gasteiger partial charge in [-0.15, -0.1) is 21.5 Å². The normalized spacial score (nSPS) is 11.0. The van der Waals surface area contributed by atoms with Crippen molar-refractivity contribution in [1.29, 1.82) is 0 Å². The minimum atomic E-state index is 0.180. The minimum Gasteiger partial charge on any atom is -0.484 e. The van der Waals surface area contributed by atoms with E-state index < -0.39 is 0 Å². The van der Waals surface area contributed by atoms with Crippen molar-refractivity contribution < 1.29 is 13.7 Å². The van der Waals surface area contributed by atoms with Gasteiger partial charge in [-0.2, -0.15) is 4.98 Å². The van der Waals surface area contributed by atoms with Gasteiger partial charge >= 0.3 is 0 Å². The molecule has 26 heavy (non-hydrogen) atoms. The second-order valence-corrected chi connectivity index (χ2v) is 7.30. The molecule has 0 bridgehead atoms. The van der Waals surface area contributed by atoms with E-state index in [2.05, 4.69) is 20.3 Å². The zero-order chi connectivity index (χ0) is 17.8. The molecule has 0 saturated heterocycles. The van der Waals surface area contributed by atoms with Gasteiger partial charge in [0.15, 0.2) is 12.4 Å². The van der Waals surface area contributed by atoms with Crippen LogP contribution >= 0.6 is 34.7 Å². The molecule has 0 fully saturated rings. The van der Waals surface area contributed by atoms with E-state index in [1.54, 1.807) is 35.6 Å². The number of benzene rings is 1. The van der Waals surface area contributed by atoms with E-state index in [1.165, 1.54) is 11.8 Å². The lowest BCUT2D eigenvalue weighted by atomic mass is 10.3. The molecule has 3 aromatic heterocycles. The molecule has 4 rings (SSSR count). The van der Waals surface area contributed by atoms with Crippen LogP contribution in [0.1, 0.15) is 11.7 Å². The first-order valence-corrected chi connectivity index (χ1v) is 9.70. The van der Waals surface area contributed by atoms with Crippen LogP contribution in [-0.4, -0.2) is 20.3 Å². The molecule has 7 nitrogen and oxygen atoms in total. The molecule has 3 heterocycles. The Morgan fingerprint density at radius 2 is 2.04 bits per heavy atom. The van der Waals surface area contributed by atoms with Crippen LogP contribution in [0.3, 0.4) is 0 Å². The molecule has 0 radical (unpaired) electrons. The molecule has 1 aromatic carbocycles. The highest BCUT2D eigenvalue weighted by atomic mass is 35.5. The number of hydrogen-bond acceptors (Lipinski definition) is 9. The van der Waals surface area contributed by atoms with Crippen molar-refractivity contribution in [1.82, 2.24) is 20.3 Å². The van der Waals surface area contributed by atoms with Gasteiger partial charge in [-0.1, -0.05) is 34.6 Å². The Hall–Kier alpha value is -2.36. The van der Waals surface area contributed by atoms with Gasteiger partial charge in [0.05, 0.1) is 10.6 Å². The van der Waals surface area contributed by atoms with E-state index in [4.69, 9.17) is 25.3 Å². The summed E-state index contributed by atoms with van der Waals surface area (Å²) < 4.78 is 16.3. The number of rotatable bonds is 7. The van der Waals surface area contributed by atoms with Crippen LogP contribution in [0.15, 0.2) is 55.9 Å². The van der Waals surface area contributed by atoms with Crippen LogP contribution in [0.5, 0.6) is 5.75 Å². The summed E-state index contributed by atoms with van der Waals surface area (Å²) in [5.41, 5.74) is 0. The first-order chi connectivity index (χ1) is 12.8. The average Bonchev–Trinajstić information content (AvgIpc) is 3.40. The molecule has 0 N–H and O–H groups in total. The van der Waals surface area contributed by atoms with Gasteiger partial charge < -0.3 is 13.7 Å². The maximum atomic E-state index is 5.83. The van der Waals surface area contributed by atoms with Crippen molar-refractivity contribution in [2.24, 2.45) is 0 Å². The Balaban J connectivity index is 1.30. The molecular formula is C16H11ClN4O3S2. The Kier molecular flexibility index (Phi) is 5.19. The fourth-order valence-electron chi connectivity index (χ4n) is 1.97. The van der Waals surface area contributed by atoms with Gasteiger partial charge in [-0.3, -0.25) is 0 Å². The summed E-state index contributed by atoms with van der Waals surface area (Å²) in [7, 11) is 0. The minimum absolute atomic E-state index is 0.180. The number of halogens is 1. The summed E-state index contributed by atoms with van der Waals surface area (Å²) in [4.78, 5) is 5.28. The summed E-state index contributed by atoms with van der Waals surface area (Å²) in [6.45, 7) is 0.180. The molecule has 0 aliphatic heterocycles. The maximum absolute atomic E-state index is 5.83. The lowest BCUT2D eigenvalue weighted by Gasteiger charge is -2.02. The van der Waals surface area contributed by atoms with Gasteiger partial charge in [0.2, 0.25) is 0 Å². The number of ether oxygens (including phenoxy) is 1. The molecule has 0 aliphatic carbocycles. The summed E-state index contributed by atoms with van der Waals surface area (Å²) in [5.74, 6) is 2.60. The predicted molar refractivity (Wildman–Crippen MR) is 97.3 cm³/mol. The highest BCUT2D eigenvalue weighted by Crippen LogP contribution is 2.25. The zero-order valence-corrected chi connectivity index (χ0v) is 15.6. The van der Waals surface area contributed by atoms with E-state index in [0.29, 0.717) is 39.4 Å². The monoisotopic (exact) mass is 406 g/mol. The van der Waals surface area contributed by atoms with Gasteiger partial charge in [0, 0.05) is 5.02 Å². The van der Waals surface area contributed by atoms with Crippen molar-refractivity contribution in [3.8, 4) is 16.5 Å². The highest BCUT2D eigenvalue weighted by Gasteiger charge is 2.13. The van der Waals surface area contributed by atoms with Crippen molar-refractivity contribution >= 4 is 34.7 Å². The van der Waals surface area contributed by atoms with E-state index in [9.17, 15) is 0 Å². The van der Waals surface area contributed by atoms with Crippen LogP contribution in [0.25, 0.3) is 10.8 Å². The van der Waals surface area contributed by atoms with Crippen LogP contribution in [0, 0.1) is 0 Å². The van der Waals surface area contributed by atoms with Crippen LogP contribution < -0.4 is 4.74 Å². The second-order valence-electron chi connectivity index (χ2n) is 4.99. The summed E-state index contributed by atoms with van der Waals surface area (Å²) >= 11 is 8.71. The van der Waals surface area contributed by atoms with Crippen LogP contribution in [0.4, 0.5) is 0 Å². The zero-order valence-electron chi connectivity index (χ0n) is 13.2. The molecule has 0 spiro atoms. The Morgan fingerprint density at radius 3 is 2.85 bits per heavy atom. The maximum Gasteiger partial charge on any atom is 0.277 e. The molecule has 0 amide bonds. The first kappa shape index (κ1) is 17.1. The van der Waals surface area contributed by atoms with Crippen molar-refractivity contribution in [3.05, 3.63) is 58.5 Å². The number of aromatic nitrogens is 4. The third-order valence-electron chi connectivity index (χ3n) is 3.15. The number of hydrogen-bond donors (Lipinski definition) is 0. The van der Waals surface area contributed by atoms with E-state index in [1.807, 2.05) is 17.5 Å². The van der Waals surface area contributed by atoms with Gasteiger partial charge in [-0.05, 0) is 35.7 Å². The fraction of sp³-hybridized carbons (Fsp3) is 0.125. The molecule has 0 unspecified atom stereocenters. The molecule has 0 atom stereocenters. The fourth-order valence-corrected chi connectivity index (χ4v) is 3.36. The lowest BCUT2D eigenvalue weighted by molar-refractivity contribution is 0.252. The van der Waals surface area contributed by atoms with E-state index in [-0.39, 0.29) is 6.61 Å². The van der Waals surface area contributed by atoms with Crippen LogP contribution in [-0.2, 0) is 12.4 Å². The topological polar surface area (TPSA) is 87.1 Å². The average molecular weight is 407 g/mol. The van der Waals surface area contributed by atoms with Gasteiger partial charge in [-0.25, -0.2) is 0 Å². The second kappa shape index (κ2) is 7.90. The Morgan fingerprint density at radius 1 is 1.15 bits per heavy atom. The third kappa shape index (κ3) is 4.24. The summed E-state index contributed by atoms with van der Waals surface area (Å²) in [5, 5.41) is 14.9. The Bertz CT molecular complexity index is 970. The first-order valence-electron chi connectivity index (χ1n) is 7.46. The molecule has 4 aromatic rings. The van der Waals surface area contributed by atoms with Crippen LogP contribution in [0.2, 0.25) is 5.02 Å². The molecule has 0 saturated carbocycles. The van der Waals surface area contributed by atoms with Crippen molar-refractivity contribution in [3.63, 3.8) is 0 Å². The highest BCUT2D eigenvalue weighted by molar-refractivity contribution is 7.98. The smallest absolute Gasteiger partial charge is 0.277 e. The molecule has 10 heteroatoms. The van der Waals surface area contributed by atoms with Crippen molar-refractivity contribution in [2.45, 2.75) is 17.6 Å². The quantitative estimate of drug-likeness (QED) is 0.408. The largest absolute Gasteiger partial charge is 0.484 e. The van der Waals surface area contributed by atoms with Gasteiger partial charge in [0.25, 0.3) is 17.0 Å². The number of thioether (sulfide) groups is 1. The molecule has 0 aliphatic rings.